The van der Waals surface area contributed by atoms with Crippen LogP contribution in [0.3, 0.4) is 0 Å². The predicted octanol–water partition coefficient (Wildman–Crippen LogP) is 3.07. The molecule has 0 unspecified atom stereocenters. The van der Waals surface area contributed by atoms with E-state index in [-0.39, 0.29) is 0 Å². The Kier molecular flexibility index (Phi) is 7.03. The van der Waals surface area contributed by atoms with Gasteiger partial charge in [-0.25, -0.2) is 0 Å². The fraction of sp³-hybridized carbons (Fsp3) is 1.00. The van der Waals surface area contributed by atoms with Crippen LogP contribution in [0.2, 0.25) is 0 Å². The Balaban J connectivity index is 1.83. The summed E-state index contributed by atoms with van der Waals surface area (Å²) in [4.78, 5) is 2.51. The maximum Gasteiger partial charge on any atom is 0.0828 e. The molecule has 0 amide bonds. The normalized spacial score (nSPS) is 18.0. The average molecular weight is 213 g/mol. The summed E-state index contributed by atoms with van der Waals surface area (Å²) in [6.07, 6.45) is 8.44. The predicted molar refractivity (Wildman–Crippen MR) is 65.2 cm³/mol. The van der Waals surface area contributed by atoms with Gasteiger partial charge in [0.2, 0.25) is 0 Å². The number of rotatable bonds is 9. The topological polar surface area (TPSA) is 12.5 Å². The molecular formula is C13H27NO. The largest absolute Gasteiger partial charge is 0.376 e. The van der Waals surface area contributed by atoms with Crippen molar-refractivity contribution >= 4 is 0 Å². The summed E-state index contributed by atoms with van der Waals surface area (Å²) in [5, 5.41) is 0. The first kappa shape index (κ1) is 13.0. The van der Waals surface area contributed by atoms with Crippen LogP contribution in [-0.4, -0.2) is 37.2 Å². The lowest BCUT2D eigenvalue weighted by Gasteiger charge is -2.39. The molecule has 1 aliphatic rings. The number of hydrogen-bond donors (Lipinski definition) is 0. The van der Waals surface area contributed by atoms with E-state index in [0.29, 0.717) is 6.10 Å². The Morgan fingerprint density at radius 1 is 1.00 bits per heavy atom. The van der Waals surface area contributed by atoms with Crippen molar-refractivity contribution in [1.29, 1.82) is 0 Å². The molecule has 0 atom stereocenters. The smallest absolute Gasteiger partial charge is 0.0828 e. The van der Waals surface area contributed by atoms with Gasteiger partial charge in [-0.3, -0.25) is 4.90 Å². The van der Waals surface area contributed by atoms with Gasteiger partial charge in [-0.2, -0.15) is 0 Å². The molecule has 0 saturated carbocycles. The number of likely N-dealkylation sites (tertiary alicyclic amines) is 1. The molecule has 90 valence electrons. The highest BCUT2D eigenvalue weighted by atomic mass is 16.5. The van der Waals surface area contributed by atoms with E-state index >= 15 is 0 Å². The zero-order valence-electron chi connectivity index (χ0n) is 10.5. The molecule has 0 aromatic rings. The van der Waals surface area contributed by atoms with Gasteiger partial charge in [-0.1, -0.05) is 39.5 Å². The summed E-state index contributed by atoms with van der Waals surface area (Å²) in [5.41, 5.74) is 0. The average Bonchev–Trinajstić information content (AvgIpc) is 2.19. The minimum atomic E-state index is 0.545. The zero-order valence-corrected chi connectivity index (χ0v) is 10.5. The van der Waals surface area contributed by atoms with E-state index in [1.807, 2.05) is 0 Å². The van der Waals surface area contributed by atoms with Crippen molar-refractivity contribution < 1.29 is 4.74 Å². The lowest BCUT2D eigenvalue weighted by molar-refractivity contribution is -0.0554. The fourth-order valence-corrected chi connectivity index (χ4v) is 2.00. The van der Waals surface area contributed by atoms with Crippen molar-refractivity contribution in [3.05, 3.63) is 0 Å². The van der Waals surface area contributed by atoms with Gasteiger partial charge in [0.25, 0.3) is 0 Å². The van der Waals surface area contributed by atoms with E-state index in [0.717, 1.165) is 6.61 Å². The number of ether oxygens (including phenoxy) is 1. The molecule has 0 N–H and O–H groups in total. The van der Waals surface area contributed by atoms with E-state index in [2.05, 4.69) is 18.7 Å². The van der Waals surface area contributed by atoms with Gasteiger partial charge < -0.3 is 4.74 Å². The van der Waals surface area contributed by atoms with Crippen molar-refractivity contribution in [2.75, 3.05) is 26.2 Å². The van der Waals surface area contributed by atoms with Gasteiger partial charge in [0.15, 0.2) is 0 Å². The third-order valence-corrected chi connectivity index (χ3v) is 3.10. The Morgan fingerprint density at radius 3 is 2.33 bits per heavy atom. The third-order valence-electron chi connectivity index (χ3n) is 3.10. The second-order valence-electron chi connectivity index (χ2n) is 4.67. The van der Waals surface area contributed by atoms with Gasteiger partial charge in [-0.15, -0.1) is 0 Å². The molecule has 0 aromatic heterocycles. The summed E-state index contributed by atoms with van der Waals surface area (Å²) < 4.78 is 5.77. The molecule has 0 radical (unpaired) electrons. The first-order valence-electron chi connectivity index (χ1n) is 6.70. The van der Waals surface area contributed by atoms with E-state index in [1.54, 1.807) is 0 Å². The molecule has 2 nitrogen and oxygen atoms in total. The molecule has 1 rings (SSSR count). The molecular weight excluding hydrogens is 186 g/mol. The zero-order chi connectivity index (χ0) is 10.9. The first-order chi connectivity index (χ1) is 7.36. The summed E-state index contributed by atoms with van der Waals surface area (Å²) in [6, 6.07) is 0. The van der Waals surface area contributed by atoms with Crippen LogP contribution in [0.25, 0.3) is 0 Å². The summed E-state index contributed by atoms with van der Waals surface area (Å²) in [7, 11) is 0. The second kappa shape index (κ2) is 8.12. The Morgan fingerprint density at radius 2 is 1.67 bits per heavy atom. The third kappa shape index (κ3) is 5.53. The van der Waals surface area contributed by atoms with Crippen LogP contribution in [0.15, 0.2) is 0 Å². The highest BCUT2D eigenvalue weighted by Gasteiger charge is 2.26. The van der Waals surface area contributed by atoms with Crippen LogP contribution in [0.4, 0.5) is 0 Å². The molecule has 0 aliphatic carbocycles. The molecule has 0 bridgehead atoms. The molecule has 2 heteroatoms. The van der Waals surface area contributed by atoms with Crippen molar-refractivity contribution in [1.82, 2.24) is 4.90 Å². The quantitative estimate of drug-likeness (QED) is 0.546. The van der Waals surface area contributed by atoms with E-state index in [4.69, 9.17) is 4.74 Å². The molecule has 15 heavy (non-hydrogen) atoms. The molecule has 1 fully saturated rings. The van der Waals surface area contributed by atoms with Crippen LogP contribution in [-0.2, 0) is 4.74 Å². The number of unbranched alkanes of at least 4 members (excludes halogenated alkanes) is 4. The highest BCUT2D eigenvalue weighted by Crippen LogP contribution is 2.13. The summed E-state index contributed by atoms with van der Waals surface area (Å²) in [5.74, 6) is 0. The SMILES string of the molecule is CCCCCOC1CN(CCCCC)C1. The van der Waals surface area contributed by atoms with Gasteiger partial charge in [0, 0.05) is 19.7 Å². The minimum Gasteiger partial charge on any atom is -0.376 e. The first-order valence-corrected chi connectivity index (χ1v) is 6.70. The Hall–Kier alpha value is -0.0800. The molecule has 1 saturated heterocycles. The van der Waals surface area contributed by atoms with Crippen LogP contribution >= 0.6 is 0 Å². The van der Waals surface area contributed by atoms with Crippen molar-refractivity contribution in [3.8, 4) is 0 Å². The molecule has 1 heterocycles. The van der Waals surface area contributed by atoms with E-state index in [9.17, 15) is 0 Å². The van der Waals surface area contributed by atoms with Gasteiger partial charge in [-0.05, 0) is 19.4 Å². The maximum atomic E-state index is 5.77. The van der Waals surface area contributed by atoms with Gasteiger partial charge in [0.05, 0.1) is 6.10 Å². The van der Waals surface area contributed by atoms with Crippen molar-refractivity contribution in [2.24, 2.45) is 0 Å². The van der Waals surface area contributed by atoms with Crippen LogP contribution in [0.5, 0.6) is 0 Å². The minimum absolute atomic E-state index is 0.545. The Bertz CT molecular complexity index is 143. The number of hydrogen-bond acceptors (Lipinski definition) is 2. The highest BCUT2D eigenvalue weighted by molar-refractivity contribution is 4.80. The fourth-order valence-electron chi connectivity index (χ4n) is 2.00. The van der Waals surface area contributed by atoms with E-state index in [1.165, 1.54) is 58.2 Å². The van der Waals surface area contributed by atoms with Crippen LogP contribution < -0.4 is 0 Å². The maximum absolute atomic E-state index is 5.77. The second-order valence-corrected chi connectivity index (χ2v) is 4.67. The van der Waals surface area contributed by atoms with Crippen molar-refractivity contribution in [3.63, 3.8) is 0 Å². The Labute approximate surface area is 95.0 Å². The monoisotopic (exact) mass is 213 g/mol. The van der Waals surface area contributed by atoms with E-state index < -0.39 is 0 Å². The van der Waals surface area contributed by atoms with Crippen molar-refractivity contribution in [2.45, 2.75) is 58.5 Å². The molecule has 0 aromatic carbocycles. The van der Waals surface area contributed by atoms with Crippen LogP contribution in [0.1, 0.15) is 52.4 Å². The lowest BCUT2D eigenvalue weighted by atomic mass is 10.1. The molecule has 1 aliphatic heterocycles. The summed E-state index contributed by atoms with van der Waals surface area (Å²) in [6.45, 7) is 9.10. The standard InChI is InChI=1S/C13H27NO/c1-3-5-7-9-14-11-13(12-14)15-10-8-6-4-2/h13H,3-12H2,1-2H3. The van der Waals surface area contributed by atoms with Gasteiger partial charge in [0.1, 0.15) is 0 Å². The number of nitrogens with zero attached hydrogens (tertiary/aromatic N) is 1. The van der Waals surface area contributed by atoms with Crippen LogP contribution in [0, 0.1) is 0 Å². The summed E-state index contributed by atoms with van der Waals surface area (Å²) >= 11 is 0. The van der Waals surface area contributed by atoms with Gasteiger partial charge >= 0.3 is 0 Å². The lowest BCUT2D eigenvalue weighted by Crippen LogP contribution is -2.52. The molecule has 0 spiro atoms.